The van der Waals surface area contributed by atoms with E-state index in [0.717, 1.165) is 0 Å². The van der Waals surface area contributed by atoms with Crippen LogP contribution >= 0.6 is 0 Å². The van der Waals surface area contributed by atoms with Crippen LogP contribution in [0.15, 0.2) is 0 Å². The van der Waals surface area contributed by atoms with Gasteiger partial charge < -0.3 is 14.8 Å². The van der Waals surface area contributed by atoms with E-state index < -0.39 is 20.2 Å². The fraction of sp³-hybridized carbons (Fsp3) is 0.867. The van der Waals surface area contributed by atoms with Gasteiger partial charge in [-0.3, -0.25) is 9.59 Å². The standard InChI is InChI=1S/C15H29NO4Si/c1-8-10(14(18)19)12-11(13(17)16-12)9(2)20-21(6,7)15(3,4)5/h9-12H,8H2,1-7H3,(H,16,17)(H,18,19)/t9-,10-,11-,12-/m1/s1. The quantitative estimate of drug-likeness (QED) is 0.583. The third-order valence-electron chi connectivity index (χ3n) is 4.98. The summed E-state index contributed by atoms with van der Waals surface area (Å²) in [4.78, 5) is 23.2. The Morgan fingerprint density at radius 1 is 1.43 bits per heavy atom. The lowest BCUT2D eigenvalue weighted by atomic mass is 9.77. The Hall–Kier alpha value is -0.883. The SMILES string of the molecule is CC[C@@H](C(=O)O)[C@H]1NC(=O)[C@@H]1[C@@H](C)O[Si](C)(C)C(C)(C)C. The van der Waals surface area contributed by atoms with Crippen LogP contribution < -0.4 is 5.32 Å². The number of amides is 1. The van der Waals surface area contributed by atoms with E-state index in [-0.39, 0.29) is 29.0 Å². The summed E-state index contributed by atoms with van der Waals surface area (Å²) in [6.07, 6.45) is 0.252. The van der Waals surface area contributed by atoms with Crippen LogP contribution in [0.1, 0.15) is 41.0 Å². The van der Waals surface area contributed by atoms with Gasteiger partial charge in [0.2, 0.25) is 5.91 Å². The van der Waals surface area contributed by atoms with Gasteiger partial charge >= 0.3 is 5.97 Å². The monoisotopic (exact) mass is 315 g/mol. The van der Waals surface area contributed by atoms with Crippen molar-refractivity contribution in [2.45, 2.75) is 71.3 Å². The number of rotatable bonds is 6. The molecular weight excluding hydrogens is 286 g/mol. The van der Waals surface area contributed by atoms with Gasteiger partial charge in [0.05, 0.1) is 24.0 Å². The molecule has 1 saturated heterocycles. The maximum absolute atomic E-state index is 11.9. The lowest BCUT2D eigenvalue weighted by Crippen LogP contribution is -2.67. The van der Waals surface area contributed by atoms with Crippen molar-refractivity contribution in [3.8, 4) is 0 Å². The summed E-state index contributed by atoms with van der Waals surface area (Å²) in [6.45, 7) is 14.5. The van der Waals surface area contributed by atoms with Crippen molar-refractivity contribution in [3.63, 3.8) is 0 Å². The molecule has 5 nitrogen and oxygen atoms in total. The van der Waals surface area contributed by atoms with Gasteiger partial charge in [0, 0.05) is 0 Å². The molecule has 1 rings (SSSR count). The first-order valence-corrected chi connectivity index (χ1v) is 10.5. The summed E-state index contributed by atoms with van der Waals surface area (Å²) in [5.41, 5.74) is 0. The molecule has 1 aliphatic heterocycles. The molecule has 0 unspecified atom stereocenters. The van der Waals surface area contributed by atoms with Crippen molar-refractivity contribution in [1.82, 2.24) is 5.32 Å². The van der Waals surface area contributed by atoms with E-state index in [4.69, 9.17) is 4.43 Å². The van der Waals surface area contributed by atoms with Crippen molar-refractivity contribution >= 4 is 20.2 Å². The zero-order valence-electron chi connectivity index (χ0n) is 14.2. The smallest absolute Gasteiger partial charge is 0.308 e. The van der Waals surface area contributed by atoms with Crippen molar-refractivity contribution in [3.05, 3.63) is 0 Å². The van der Waals surface area contributed by atoms with Gasteiger partial charge in [0.25, 0.3) is 0 Å². The van der Waals surface area contributed by atoms with E-state index in [2.05, 4.69) is 39.2 Å². The summed E-state index contributed by atoms with van der Waals surface area (Å²) in [5, 5.41) is 12.1. The van der Waals surface area contributed by atoms with Crippen LogP contribution in [0.2, 0.25) is 18.1 Å². The molecule has 2 N–H and O–H groups in total. The minimum absolute atomic E-state index is 0.0634. The van der Waals surface area contributed by atoms with Crippen LogP contribution in [0.4, 0.5) is 0 Å². The van der Waals surface area contributed by atoms with Crippen LogP contribution in [-0.2, 0) is 14.0 Å². The second-order valence-corrected chi connectivity index (χ2v) is 12.3. The van der Waals surface area contributed by atoms with Crippen molar-refractivity contribution < 1.29 is 19.1 Å². The number of carbonyl (C=O) groups excluding carboxylic acids is 1. The molecule has 122 valence electrons. The predicted molar refractivity (Wildman–Crippen MR) is 84.6 cm³/mol. The van der Waals surface area contributed by atoms with Crippen LogP contribution in [0.3, 0.4) is 0 Å². The highest BCUT2D eigenvalue weighted by Crippen LogP contribution is 2.39. The number of hydrogen-bond donors (Lipinski definition) is 2. The lowest BCUT2D eigenvalue weighted by Gasteiger charge is -2.46. The molecule has 0 aromatic heterocycles. The number of carboxylic acids is 1. The highest BCUT2D eigenvalue weighted by molar-refractivity contribution is 6.74. The molecule has 1 aliphatic rings. The largest absolute Gasteiger partial charge is 0.481 e. The molecular formula is C15H29NO4Si. The third kappa shape index (κ3) is 3.66. The molecule has 0 aliphatic carbocycles. The number of nitrogens with one attached hydrogen (secondary N) is 1. The number of β-lactam (4-membered cyclic amide) rings is 1. The van der Waals surface area contributed by atoms with E-state index in [0.29, 0.717) is 6.42 Å². The van der Waals surface area contributed by atoms with Gasteiger partial charge in [0.15, 0.2) is 8.32 Å². The Labute approximate surface area is 128 Å². The Morgan fingerprint density at radius 2 is 1.95 bits per heavy atom. The Bertz CT molecular complexity index is 416. The van der Waals surface area contributed by atoms with E-state index in [1.165, 1.54) is 0 Å². The lowest BCUT2D eigenvalue weighted by molar-refractivity contribution is -0.152. The van der Waals surface area contributed by atoms with Crippen LogP contribution in [0.25, 0.3) is 0 Å². The van der Waals surface area contributed by atoms with E-state index in [1.54, 1.807) is 0 Å². The molecule has 1 amide bonds. The summed E-state index contributed by atoms with van der Waals surface area (Å²) < 4.78 is 6.27. The molecule has 0 aromatic carbocycles. The first kappa shape index (κ1) is 18.2. The van der Waals surface area contributed by atoms with E-state index in [1.807, 2.05) is 13.8 Å². The van der Waals surface area contributed by atoms with Gasteiger partial charge in [-0.05, 0) is 31.5 Å². The summed E-state index contributed by atoms with van der Waals surface area (Å²) in [7, 11) is -1.97. The number of hydrogen-bond acceptors (Lipinski definition) is 3. The second-order valence-electron chi connectivity index (χ2n) is 7.50. The summed E-state index contributed by atoms with van der Waals surface area (Å²) in [5.74, 6) is -1.85. The number of aliphatic carboxylic acids is 1. The van der Waals surface area contributed by atoms with Crippen LogP contribution in [0, 0.1) is 11.8 Å². The first-order valence-electron chi connectivity index (χ1n) is 7.63. The zero-order chi connectivity index (χ0) is 16.6. The second kappa shape index (κ2) is 6.08. The van der Waals surface area contributed by atoms with Crippen molar-refractivity contribution in [1.29, 1.82) is 0 Å². The Morgan fingerprint density at radius 3 is 2.29 bits per heavy atom. The highest BCUT2D eigenvalue weighted by Gasteiger charge is 2.51. The average molecular weight is 315 g/mol. The number of carboxylic acid groups (broad SMARTS) is 1. The van der Waals surface area contributed by atoms with Crippen LogP contribution in [0.5, 0.6) is 0 Å². The van der Waals surface area contributed by atoms with E-state index >= 15 is 0 Å². The van der Waals surface area contributed by atoms with Crippen LogP contribution in [-0.4, -0.2) is 37.4 Å². The third-order valence-corrected chi connectivity index (χ3v) is 9.55. The molecule has 21 heavy (non-hydrogen) atoms. The van der Waals surface area contributed by atoms with Gasteiger partial charge in [-0.15, -0.1) is 0 Å². The van der Waals surface area contributed by atoms with Crippen molar-refractivity contribution in [2.75, 3.05) is 0 Å². The summed E-state index contributed by atoms with van der Waals surface area (Å²) in [6, 6.07) is -0.320. The summed E-state index contributed by atoms with van der Waals surface area (Å²) >= 11 is 0. The van der Waals surface area contributed by atoms with Gasteiger partial charge in [-0.25, -0.2) is 0 Å². The maximum atomic E-state index is 11.9. The molecule has 0 spiro atoms. The minimum Gasteiger partial charge on any atom is -0.481 e. The highest BCUT2D eigenvalue weighted by atomic mass is 28.4. The van der Waals surface area contributed by atoms with E-state index in [9.17, 15) is 14.7 Å². The molecule has 6 heteroatoms. The molecule has 0 saturated carbocycles. The fourth-order valence-electron chi connectivity index (χ4n) is 2.57. The average Bonchev–Trinajstić information content (AvgIpc) is 2.25. The minimum atomic E-state index is -1.97. The molecule has 0 aromatic rings. The first-order chi connectivity index (χ1) is 9.42. The predicted octanol–water partition coefficient (Wildman–Crippen LogP) is 2.62. The molecule has 0 bridgehead atoms. The van der Waals surface area contributed by atoms with Gasteiger partial charge in [-0.1, -0.05) is 27.7 Å². The molecule has 1 heterocycles. The Balaban J connectivity index is 2.83. The topological polar surface area (TPSA) is 75.6 Å². The number of carbonyl (C=O) groups is 2. The molecule has 0 radical (unpaired) electrons. The van der Waals surface area contributed by atoms with Gasteiger partial charge in [0.1, 0.15) is 0 Å². The Kier molecular flexibility index (Phi) is 5.26. The van der Waals surface area contributed by atoms with Crippen molar-refractivity contribution in [2.24, 2.45) is 11.8 Å². The normalized spacial score (nSPS) is 25.8. The zero-order valence-corrected chi connectivity index (χ0v) is 15.2. The molecule has 1 fully saturated rings. The maximum Gasteiger partial charge on any atom is 0.308 e. The van der Waals surface area contributed by atoms with Gasteiger partial charge in [-0.2, -0.15) is 0 Å². The fourth-order valence-corrected chi connectivity index (χ4v) is 4.00. The molecule has 4 atom stereocenters.